The van der Waals surface area contributed by atoms with Crippen LogP contribution in [-0.2, 0) is 6.42 Å². The van der Waals surface area contributed by atoms with Gasteiger partial charge in [-0.25, -0.2) is 9.97 Å². The molecule has 1 aliphatic heterocycles. The third kappa shape index (κ3) is 3.98. The number of aromatic nitrogens is 3. The molecule has 38 heavy (non-hydrogen) atoms. The molecule has 3 heterocycles. The highest BCUT2D eigenvalue weighted by Crippen LogP contribution is 2.38. The molecule has 0 spiro atoms. The fourth-order valence-corrected chi connectivity index (χ4v) is 4.94. The number of amides is 1. The van der Waals surface area contributed by atoms with E-state index in [1.807, 2.05) is 65.6 Å². The van der Waals surface area contributed by atoms with Crippen molar-refractivity contribution in [3.63, 3.8) is 0 Å². The molecule has 2 N–H and O–H groups in total. The molecule has 0 bridgehead atoms. The van der Waals surface area contributed by atoms with Gasteiger partial charge in [0.2, 0.25) is 11.7 Å². The molecule has 0 saturated heterocycles. The van der Waals surface area contributed by atoms with E-state index in [-0.39, 0.29) is 29.5 Å². The molecule has 0 unspecified atom stereocenters. The quantitative estimate of drug-likeness (QED) is 0.376. The van der Waals surface area contributed by atoms with Crippen molar-refractivity contribution in [1.29, 1.82) is 0 Å². The van der Waals surface area contributed by atoms with Crippen molar-refractivity contribution in [3.8, 4) is 17.3 Å². The number of aromatic hydroxyl groups is 1. The van der Waals surface area contributed by atoms with Crippen LogP contribution in [0.3, 0.4) is 0 Å². The first-order valence-electron chi connectivity index (χ1n) is 12.3. The molecule has 2 aromatic heterocycles. The minimum absolute atomic E-state index is 0.0332. The van der Waals surface area contributed by atoms with Crippen LogP contribution in [0, 0.1) is 0 Å². The predicted octanol–water partition coefficient (Wildman–Crippen LogP) is 4.14. The van der Waals surface area contributed by atoms with Gasteiger partial charge < -0.3 is 19.3 Å². The minimum Gasteiger partial charge on any atom is -0.501 e. The second kappa shape index (κ2) is 9.19. The summed E-state index contributed by atoms with van der Waals surface area (Å²) in [6.45, 7) is 0.550. The highest BCUT2D eigenvalue weighted by Gasteiger charge is 2.32. The van der Waals surface area contributed by atoms with Crippen LogP contribution >= 0.6 is 0 Å². The Morgan fingerprint density at radius 3 is 2.58 bits per heavy atom. The number of anilines is 1. The van der Waals surface area contributed by atoms with E-state index in [4.69, 9.17) is 4.42 Å². The first-order chi connectivity index (χ1) is 18.4. The Bertz CT molecular complexity index is 1690. The van der Waals surface area contributed by atoms with Crippen molar-refractivity contribution in [3.05, 3.63) is 105 Å². The SMILES string of the molecule is CN(C)C(=O)c1ccc2c(c1)[C@@H](c1ccccc1)N(c1nc(-c3nc4ccccc4o3)c(O)c(=O)[nH]1)CC2. The van der Waals surface area contributed by atoms with Gasteiger partial charge in [0.05, 0.1) is 6.04 Å². The Labute approximate surface area is 218 Å². The van der Waals surface area contributed by atoms with Gasteiger partial charge in [0.1, 0.15) is 5.52 Å². The van der Waals surface area contributed by atoms with Gasteiger partial charge in [-0.15, -0.1) is 0 Å². The van der Waals surface area contributed by atoms with Crippen molar-refractivity contribution < 1.29 is 14.3 Å². The number of oxazole rings is 1. The first kappa shape index (κ1) is 23.5. The zero-order chi connectivity index (χ0) is 26.4. The fraction of sp³-hybridized carbons (Fsp3) is 0.172. The van der Waals surface area contributed by atoms with E-state index in [0.29, 0.717) is 29.6 Å². The lowest BCUT2D eigenvalue weighted by molar-refractivity contribution is 0.0827. The number of aromatic amines is 1. The number of fused-ring (bicyclic) bond motifs is 2. The summed E-state index contributed by atoms with van der Waals surface area (Å²) in [6.07, 6.45) is 0.678. The smallest absolute Gasteiger partial charge is 0.295 e. The Morgan fingerprint density at radius 2 is 1.82 bits per heavy atom. The second-order valence-corrected chi connectivity index (χ2v) is 9.44. The van der Waals surface area contributed by atoms with Crippen LogP contribution in [0.2, 0.25) is 0 Å². The summed E-state index contributed by atoms with van der Waals surface area (Å²) in [6, 6.07) is 22.5. The Balaban J connectivity index is 1.51. The highest BCUT2D eigenvalue weighted by atomic mass is 16.4. The summed E-state index contributed by atoms with van der Waals surface area (Å²) >= 11 is 0. The third-order valence-corrected chi connectivity index (χ3v) is 6.79. The average Bonchev–Trinajstić information content (AvgIpc) is 3.37. The molecule has 190 valence electrons. The van der Waals surface area contributed by atoms with Gasteiger partial charge in [0.25, 0.3) is 17.4 Å². The zero-order valence-corrected chi connectivity index (χ0v) is 20.9. The lowest BCUT2D eigenvalue weighted by Gasteiger charge is -2.38. The predicted molar refractivity (Wildman–Crippen MR) is 143 cm³/mol. The maximum Gasteiger partial charge on any atom is 0.295 e. The fourth-order valence-electron chi connectivity index (χ4n) is 4.94. The molecule has 1 atom stereocenters. The number of benzene rings is 3. The largest absolute Gasteiger partial charge is 0.501 e. The number of rotatable bonds is 4. The molecule has 0 radical (unpaired) electrons. The monoisotopic (exact) mass is 507 g/mol. The number of carbonyl (C=O) groups excluding carboxylic acids is 1. The Kier molecular flexibility index (Phi) is 5.68. The van der Waals surface area contributed by atoms with Crippen molar-refractivity contribution in [2.45, 2.75) is 12.5 Å². The van der Waals surface area contributed by atoms with Gasteiger partial charge in [0.15, 0.2) is 11.3 Å². The summed E-state index contributed by atoms with van der Waals surface area (Å²) in [4.78, 5) is 41.0. The lowest BCUT2D eigenvalue weighted by atomic mass is 9.87. The van der Waals surface area contributed by atoms with E-state index in [1.165, 1.54) is 0 Å². The average molecular weight is 508 g/mol. The molecule has 3 aromatic carbocycles. The van der Waals surface area contributed by atoms with Gasteiger partial charge in [-0.05, 0) is 47.4 Å². The zero-order valence-electron chi connectivity index (χ0n) is 20.9. The number of hydrogen-bond donors (Lipinski definition) is 2. The molecule has 5 aromatic rings. The molecule has 6 rings (SSSR count). The molecule has 0 aliphatic carbocycles. The molecule has 9 nitrogen and oxygen atoms in total. The molecular weight excluding hydrogens is 482 g/mol. The normalized spacial score (nSPS) is 14.9. The highest BCUT2D eigenvalue weighted by molar-refractivity contribution is 5.94. The Morgan fingerprint density at radius 1 is 1.05 bits per heavy atom. The number of para-hydroxylation sites is 2. The molecular formula is C29H25N5O4. The van der Waals surface area contributed by atoms with Gasteiger partial charge in [-0.2, -0.15) is 0 Å². The van der Waals surface area contributed by atoms with Crippen LogP contribution in [0.15, 0.2) is 82.0 Å². The summed E-state index contributed by atoms with van der Waals surface area (Å²) in [5.74, 6) is -0.323. The minimum atomic E-state index is -0.693. The summed E-state index contributed by atoms with van der Waals surface area (Å²) in [5.41, 5.74) is 4.02. The maximum absolute atomic E-state index is 12.9. The maximum atomic E-state index is 12.9. The number of carbonyl (C=O) groups is 1. The third-order valence-electron chi connectivity index (χ3n) is 6.79. The van der Waals surface area contributed by atoms with Crippen molar-refractivity contribution in [2.24, 2.45) is 0 Å². The van der Waals surface area contributed by atoms with Crippen molar-refractivity contribution in [1.82, 2.24) is 19.9 Å². The van der Waals surface area contributed by atoms with Crippen LogP contribution in [0.1, 0.15) is 33.1 Å². The molecule has 1 amide bonds. The molecule has 0 saturated carbocycles. The van der Waals surface area contributed by atoms with Crippen LogP contribution in [0.4, 0.5) is 5.95 Å². The van der Waals surface area contributed by atoms with Crippen LogP contribution in [0.25, 0.3) is 22.7 Å². The number of hydrogen-bond acceptors (Lipinski definition) is 7. The topological polar surface area (TPSA) is 116 Å². The summed E-state index contributed by atoms with van der Waals surface area (Å²) < 4.78 is 5.82. The first-order valence-corrected chi connectivity index (χ1v) is 12.3. The van der Waals surface area contributed by atoms with E-state index in [2.05, 4.69) is 15.0 Å². The number of nitrogens with one attached hydrogen (secondary N) is 1. The molecule has 1 aliphatic rings. The van der Waals surface area contributed by atoms with Crippen LogP contribution in [-0.4, -0.2) is 51.5 Å². The Hall–Kier alpha value is -4.92. The number of H-pyrrole nitrogens is 1. The van der Waals surface area contributed by atoms with Gasteiger partial charge >= 0.3 is 0 Å². The van der Waals surface area contributed by atoms with E-state index in [9.17, 15) is 14.7 Å². The van der Waals surface area contributed by atoms with Gasteiger partial charge in [-0.1, -0.05) is 48.5 Å². The van der Waals surface area contributed by atoms with Crippen LogP contribution in [0.5, 0.6) is 5.75 Å². The van der Waals surface area contributed by atoms with E-state index in [1.54, 1.807) is 31.1 Å². The standard InChI is InChI=1S/C29H25N5O4/c1-33(2)28(37)19-13-12-17-14-15-34(24(20(17)16-19)18-8-4-3-5-9-18)29-31-23(25(35)26(36)32-29)27-30-21-10-6-7-11-22(21)38-27/h3-13,16,24,35H,14-15H2,1-2H3,(H,31,32,36)/t24-/m1/s1. The number of nitrogens with zero attached hydrogens (tertiary/aromatic N) is 4. The molecule has 9 heteroatoms. The summed E-state index contributed by atoms with van der Waals surface area (Å²) in [7, 11) is 3.45. The lowest BCUT2D eigenvalue weighted by Crippen LogP contribution is -2.38. The van der Waals surface area contributed by atoms with Crippen molar-refractivity contribution >= 4 is 23.0 Å². The van der Waals surface area contributed by atoms with Crippen LogP contribution < -0.4 is 10.5 Å². The van der Waals surface area contributed by atoms with E-state index < -0.39 is 11.3 Å². The van der Waals surface area contributed by atoms with E-state index in [0.717, 1.165) is 16.7 Å². The van der Waals surface area contributed by atoms with Gasteiger partial charge in [-0.3, -0.25) is 14.6 Å². The van der Waals surface area contributed by atoms with Gasteiger partial charge in [0, 0.05) is 26.2 Å². The second-order valence-electron chi connectivity index (χ2n) is 9.44. The van der Waals surface area contributed by atoms with E-state index >= 15 is 0 Å². The van der Waals surface area contributed by atoms with Crippen molar-refractivity contribution in [2.75, 3.05) is 25.5 Å². The summed E-state index contributed by atoms with van der Waals surface area (Å²) in [5, 5.41) is 10.6. The molecule has 0 fully saturated rings.